The van der Waals surface area contributed by atoms with Crippen LogP contribution in [0, 0.1) is 0 Å². The van der Waals surface area contributed by atoms with Gasteiger partial charge in [-0.1, -0.05) is 0 Å². The molecule has 0 unspecified atom stereocenters. The van der Waals surface area contributed by atoms with Crippen LogP contribution in [0.15, 0.2) is 15.3 Å². The van der Waals surface area contributed by atoms with E-state index in [1.54, 1.807) is 19.9 Å². The van der Waals surface area contributed by atoms with Crippen molar-refractivity contribution in [2.75, 3.05) is 13.9 Å². The van der Waals surface area contributed by atoms with Crippen molar-refractivity contribution in [3.63, 3.8) is 0 Å². The average molecular weight is 404 g/mol. The minimum atomic E-state index is -0.921. The second kappa shape index (κ2) is 6.11. The molecule has 9 nitrogen and oxygen atoms in total. The summed E-state index contributed by atoms with van der Waals surface area (Å²) in [7, 11) is 1.45. The van der Waals surface area contributed by atoms with Gasteiger partial charge in [0.25, 0.3) is 0 Å². The number of carbonyl (C=O) groups is 1. The zero-order valence-corrected chi connectivity index (χ0v) is 16.4. The maximum Gasteiger partial charge on any atom is 0.347 e. The molecule has 1 fully saturated rings. The third-order valence-corrected chi connectivity index (χ3v) is 5.33. The van der Waals surface area contributed by atoms with Crippen LogP contribution in [0.1, 0.15) is 38.2 Å². The lowest BCUT2D eigenvalue weighted by atomic mass is 9.87. The molecule has 0 amide bonds. The zero-order chi connectivity index (χ0) is 20.5. The molecule has 1 aromatic heterocycles. The number of ether oxygens (including phenoxy) is 6. The molecule has 0 bridgehead atoms. The minimum Gasteiger partial charge on any atom is -0.492 e. The van der Waals surface area contributed by atoms with Gasteiger partial charge in [-0.15, -0.1) is 0 Å². The molecule has 0 spiro atoms. The van der Waals surface area contributed by atoms with Crippen LogP contribution in [-0.2, 0) is 25.4 Å². The molecule has 1 aromatic carbocycles. The van der Waals surface area contributed by atoms with E-state index >= 15 is 0 Å². The molecule has 5 rings (SSSR count). The summed E-state index contributed by atoms with van der Waals surface area (Å²) in [5.74, 6) is 0.0952. The number of hydrogen-bond donors (Lipinski definition) is 0. The quantitative estimate of drug-likeness (QED) is 0.697. The largest absolute Gasteiger partial charge is 0.492 e. The highest BCUT2D eigenvalue weighted by Gasteiger charge is 2.52. The SMILES string of the molecule is COc1c2c(cc3c4c(oc(=O)c13)[C@@H]1OC(C)(C)O[C@@H]1[C@@H](OC(C)=O)C4)OCO2. The Hall–Kier alpha value is -2.78. The molecule has 1 saturated heterocycles. The van der Waals surface area contributed by atoms with Crippen LogP contribution in [0.3, 0.4) is 0 Å². The van der Waals surface area contributed by atoms with E-state index in [0.717, 1.165) is 0 Å². The van der Waals surface area contributed by atoms with Gasteiger partial charge < -0.3 is 32.8 Å². The normalized spacial score (nSPS) is 26.1. The number of benzene rings is 1. The molecule has 3 heterocycles. The Balaban J connectivity index is 1.77. The molecular formula is C20H20O9. The molecule has 0 radical (unpaired) electrons. The number of rotatable bonds is 2. The van der Waals surface area contributed by atoms with E-state index in [1.807, 2.05) is 0 Å². The van der Waals surface area contributed by atoms with E-state index in [1.165, 1.54) is 14.0 Å². The lowest BCUT2D eigenvalue weighted by Gasteiger charge is -2.31. The van der Waals surface area contributed by atoms with Gasteiger partial charge in [0.05, 0.1) is 7.11 Å². The number of hydrogen-bond acceptors (Lipinski definition) is 9. The lowest BCUT2D eigenvalue weighted by Crippen LogP contribution is -2.41. The van der Waals surface area contributed by atoms with E-state index in [4.69, 9.17) is 32.8 Å². The van der Waals surface area contributed by atoms with Gasteiger partial charge in [0.1, 0.15) is 29.5 Å². The number of methoxy groups -OCH3 is 1. The molecule has 154 valence electrons. The summed E-state index contributed by atoms with van der Waals surface area (Å²) in [5, 5.41) is 0.829. The fraction of sp³-hybridized carbons (Fsp3) is 0.500. The standard InChI is InChI=1S/C20H20O9/c1-8(21)26-12-6-10-9-5-11-15(25-7-24-11)17(23-4)13(9)19(22)27-14(10)18-16(12)28-20(2,3)29-18/h5,12,16,18H,6-7H2,1-4H3/t12-,16+,18-/m0/s1. The van der Waals surface area contributed by atoms with Gasteiger partial charge in [0, 0.05) is 24.3 Å². The van der Waals surface area contributed by atoms with E-state index in [0.29, 0.717) is 34.6 Å². The van der Waals surface area contributed by atoms with Gasteiger partial charge in [0.15, 0.2) is 17.3 Å². The van der Waals surface area contributed by atoms with Gasteiger partial charge in [0.2, 0.25) is 12.5 Å². The van der Waals surface area contributed by atoms with Crippen LogP contribution in [0.2, 0.25) is 0 Å². The Morgan fingerprint density at radius 3 is 2.76 bits per heavy atom. The van der Waals surface area contributed by atoms with Crippen molar-refractivity contribution in [2.45, 2.75) is 51.3 Å². The number of esters is 1. The molecule has 0 saturated carbocycles. The molecule has 2 aliphatic heterocycles. The van der Waals surface area contributed by atoms with E-state index < -0.39 is 35.7 Å². The Bertz CT molecular complexity index is 1080. The Kier molecular flexibility index (Phi) is 3.85. The van der Waals surface area contributed by atoms with Gasteiger partial charge in [-0.2, -0.15) is 0 Å². The van der Waals surface area contributed by atoms with E-state index in [9.17, 15) is 9.59 Å². The van der Waals surface area contributed by atoms with Crippen molar-refractivity contribution in [3.8, 4) is 17.2 Å². The van der Waals surface area contributed by atoms with Gasteiger partial charge in [-0.25, -0.2) is 4.79 Å². The summed E-state index contributed by atoms with van der Waals surface area (Å²) in [6.07, 6.45) is -1.58. The van der Waals surface area contributed by atoms with Crippen LogP contribution in [0.4, 0.5) is 0 Å². The average Bonchev–Trinajstić information content (AvgIpc) is 3.24. The van der Waals surface area contributed by atoms with Crippen molar-refractivity contribution < 1.29 is 37.6 Å². The fourth-order valence-electron chi connectivity index (χ4n) is 4.34. The van der Waals surface area contributed by atoms with Crippen molar-refractivity contribution in [1.82, 2.24) is 0 Å². The third-order valence-electron chi connectivity index (χ3n) is 5.33. The molecular weight excluding hydrogens is 384 g/mol. The predicted octanol–water partition coefficient (Wildman–Crippen LogP) is 2.21. The zero-order valence-electron chi connectivity index (χ0n) is 16.4. The second-order valence-corrected chi connectivity index (χ2v) is 7.67. The summed E-state index contributed by atoms with van der Waals surface area (Å²) < 4.78 is 39.6. The fourth-order valence-corrected chi connectivity index (χ4v) is 4.34. The summed E-state index contributed by atoms with van der Waals surface area (Å²) >= 11 is 0. The van der Waals surface area contributed by atoms with Gasteiger partial charge >= 0.3 is 11.6 Å². The first-order valence-corrected chi connectivity index (χ1v) is 9.28. The van der Waals surface area contributed by atoms with Crippen molar-refractivity contribution in [1.29, 1.82) is 0 Å². The van der Waals surface area contributed by atoms with Crippen LogP contribution in [-0.4, -0.2) is 37.9 Å². The Morgan fingerprint density at radius 1 is 1.24 bits per heavy atom. The van der Waals surface area contributed by atoms with Crippen molar-refractivity contribution in [2.24, 2.45) is 0 Å². The summed E-state index contributed by atoms with van der Waals surface area (Å²) in [5.41, 5.74) is 0.108. The lowest BCUT2D eigenvalue weighted by molar-refractivity contribution is -0.169. The molecule has 29 heavy (non-hydrogen) atoms. The van der Waals surface area contributed by atoms with Crippen LogP contribution < -0.4 is 19.8 Å². The third kappa shape index (κ3) is 2.68. The highest BCUT2D eigenvalue weighted by molar-refractivity contribution is 5.95. The first-order chi connectivity index (χ1) is 13.8. The van der Waals surface area contributed by atoms with Crippen LogP contribution in [0.25, 0.3) is 10.8 Å². The molecule has 0 N–H and O–H groups in total. The smallest absolute Gasteiger partial charge is 0.347 e. The maximum absolute atomic E-state index is 12.9. The van der Waals surface area contributed by atoms with Crippen LogP contribution in [0.5, 0.6) is 17.2 Å². The van der Waals surface area contributed by atoms with E-state index in [2.05, 4.69) is 0 Å². The molecule has 3 aliphatic rings. The first kappa shape index (κ1) is 18.3. The number of fused-ring (bicyclic) bond motifs is 6. The molecule has 2 aromatic rings. The Morgan fingerprint density at radius 2 is 2.03 bits per heavy atom. The minimum absolute atomic E-state index is 0.0292. The van der Waals surface area contributed by atoms with E-state index in [-0.39, 0.29) is 17.9 Å². The summed E-state index contributed by atoms with van der Waals surface area (Å²) in [4.78, 5) is 24.6. The predicted molar refractivity (Wildman–Crippen MR) is 97.2 cm³/mol. The summed E-state index contributed by atoms with van der Waals surface area (Å²) in [6.45, 7) is 4.89. The molecule has 1 aliphatic carbocycles. The van der Waals surface area contributed by atoms with Gasteiger partial charge in [-0.05, 0) is 19.9 Å². The van der Waals surface area contributed by atoms with Gasteiger partial charge in [-0.3, -0.25) is 4.79 Å². The van der Waals surface area contributed by atoms with Crippen molar-refractivity contribution >= 4 is 16.7 Å². The Labute approximate surface area is 165 Å². The molecule has 9 heteroatoms. The van der Waals surface area contributed by atoms with Crippen LogP contribution >= 0.6 is 0 Å². The maximum atomic E-state index is 12.9. The molecule has 3 atom stereocenters. The highest BCUT2D eigenvalue weighted by atomic mass is 16.8. The highest BCUT2D eigenvalue weighted by Crippen LogP contribution is 2.50. The van der Waals surface area contributed by atoms with Crippen molar-refractivity contribution in [3.05, 3.63) is 27.8 Å². The number of carbonyl (C=O) groups excluding carboxylic acids is 1. The monoisotopic (exact) mass is 404 g/mol. The first-order valence-electron chi connectivity index (χ1n) is 9.28. The second-order valence-electron chi connectivity index (χ2n) is 7.67. The summed E-state index contributed by atoms with van der Waals surface area (Å²) in [6, 6.07) is 1.72. The topological polar surface area (TPSA) is 103 Å².